The summed E-state index contributed by atoms with van der Waals surface area (Å²) in [5.41, 5.74) is 0.654. The molecule has 1 aromatic heterocycles. The SMILES string of the molecule is O=C(NCc1ccc(Br)s1)Nc1ccc(C(=O)O)cc1Br. The van der Waals surface area contributed by atoms with Gasteiger partial charge in [-0.3, -0.25) is 0 Å². The van der Waals surface area contributed by atoms with E-state index >= 15 is 0 Å². The maximum absolute atomic E-state index is 11.8. The summed E-state index contributed by atoms with van der Waals surface area (Å²) < 4.78 is 1.52. The van der Waals surface area contributed by atoms with Gasteiger partial charge in [0.05, 0.1) is 21.6 Å². The molecule has 0 fully saturated rings. The smallest absolute Gasteiger partial charge is 0.335 e. The maximum atomic E-state index is 11.8. The molecule has 1 aromatic carbocycles. The van der Waals surface area contributed by atoms with Crippen LogP contribution in [0.2, 0.25) is 0 Å². The van der Waals surface area contributed by atoms with Crippen LogP contribution in [0.15, 0.2) is 38.6 Å². The van der Waals surface area contributed by atoms with Gasteiger partial charge in [0.15, 0.2) is 0 Å². The Morgan fingerprint density at radius 3 is 2.52 bits per heavy atom. The van der Waals surface area contributed by atoms with Gasteiger partial charge in [-0.15, -0.1) is 11.3 Å². The second kappa shape index (κ2) is 7.06. The molecule has 110 valence electrons. The topological polar surface area (TPSA) is 78.4 Å². The van der Waals surface area contributed by atoms with E-state index in [1.54, 1.807) is 11.3 Å². The summed E-state index contributed by atoms with van der Waals surface area (Å²) in [6.07, 6.45) is 0. The lowest BCUT2D eigenvalue weighted by Gasteiger charge is -2.09. The van der Waals surface area contributed by atoms with Gasteiger partial charge in [-0.2, -0.15) is 0 Å². The van der Waals surface area contributed by atoms with Gasteiger partial charge in [-0.25, -0.2) is 9.59 Å². The van der Waals surface area contributed by atoms with Crippen LogP contribution in [0.3, 0.4) is 0 Å². The average Bonchev–Trinajstić information content (AvgIpc) is 2.84. The summed E-state index contributed by atoms with van der Waals surface area (Å²) in [7, 11) is 0. The van der Waals surface area contributed by atoms with Crippen LogP contribution >= 0.6 is 43.2 Å². The molecule has 0 aliphatic rings. The predicted molar refractivity (Wildman–Crippen MR) is 89.0 cm³/mol. The van der Waals surface area contributed by atoms with Crippen LogP contribution in [0.5, 0.6) is 0 Å². The third-order valence-electron chi connectivity index (χ3n) is 2.52. The third kappa shape index (κ3) is 4.55. The molecule has 1 heterocycles. The summed E-state index contributed by atoms with van der Waals surface area (Å²) >= 11 is 8.13. The molecular formula is C13H10Br2N2O3S. The number of rotatable bonds is 4. The number of hydrogen-bond donors (Lipinski definition) is 3. The zero-order valence-electron chi connectivity index (χ0n) is 10.5. The summed E-state index contributed by atoms with van der Waals surface area (Å²) in [4.78, 5) is 23.6. The lowest BCUT2D eigenvalue weighted by molar-refractivity contribution is 0.0697. The van der Waals surface area contributed by atoms with E-state index in [1.807, 2.05) is 12.1 Å². The van der Waals surface area contributed by atoms with Gasteiger partial charge in [0, 0.05) is 9.35 Å². The van der Waals surface area contributed by atoms with E-state index in [1.165, 1.54) is 18.2 Å². The fourth-order valence-electron chi connectivity index (χ4n) is 1.53. The molecule has 0 unspecified atom stereocenters. The molecule has 2 aromatic rings. The maximum Gasteiger partial charge on any atom is 0.335 e. The van der Waals surface area contributed by atoms with Crippen LogP contribution in [0.25, 0.3) is 0 Å². The number of thiophene rings is 1. The number of carboxylic acid groups (broad SMARTS) is 1. The number of hydrogen-bond acceptors (Lipinski definition) is 3. The van der Waals surface area contributed by atoms with E-state index in [0.29, 0.717) is 16.7 Å². The summed E-state index contributed by atoms with van der Waals surface area (Å²) in [5.74, 6) is -1.02. The van der Waals surface area contributed by atoms with Crippen LogP contribution in [-0.2, 0) is 6.54 Å². The molecular weight excluding hydrogens is 424 g/mol. The van der Waals surface area contributed by atoms with Gasteiger partial charge in [0.2, 0.25) is 0 Å². The van der Waals surface area contributed by atoms with Gasteiger partial charge in [0.1, 0.15) is 0 Å². The fraction of sp³-hybridized carbons (Fsp3) is 0.0769. The third-order valence-corrected chi connectivity index (χ3v) is 4.80. The van der Waals surface area contributed by atoms with Crippen LogP contribution in [0.4, 0.5) is 10.5 Å². The molecule has 0 aliphatic carbocycles. The number of amides is 2. The van der Waals surface area contributed by atoms with Crippen LogP contribution in [0, 0.1) is 0 Å². The van der Waals surface area contributed by atoms with Crippen molar-refractivity contribution in [1.29, 1.82) is 0 Å². The van der Waals surface area contributed by atoms with E-state index < -0.39 is 5.97 Å². The van der Waals surface area contributed by atoms with E-state index in [0.717, 1.165) is 8.66 Å². The Morgan fingerprint density at radius 2 is 1.95 bits per heavy atom. The van der Waals surface area contributed by atoms with E-state index in [9.17, 15) is 9.59 Å². The van der Waals surface area contributed by atoms with Crippen molar-refractivity contribution in [2.45, 2.75) is 6.54 Å². The second-order valence-electron chi connectivity index (χ2n) is 4.01. The molecule has 2 rings (SSSR count). The highest BCUT2D eigenvalue weighted by Crippen LogP contribution is 2.24. The number of aromatic carboxylic acids is 1. The minimum absolute atomic E-state index is 0.149. The number of nitrogens with one attached hydrogen (secondary N) is 2. The molecule has 8 heteroatoms. The molecule has 0 spiro atoms. The number of halogens is 2. The van der Waals surface area contributed by atoms with Gasteiger partial charge in [-0.1, -0.05) is 0 Å². The van der Waals surface area contributed by atoms with Crippen molar-refractivity contribution in [2.24, 2.45) is 0 Å². The van der Waals surface area contributed by atoms with Crippen molar-refractivity contribution in [3.63, 3.8) is 0 Å². The second-order valence-corrected chi connectivity index (χ2v) is 7.42. The van der Waals surface area contributed by atoms with Crippen molar-refractivity contribution >= 4 is 60.9 Å². The molecule has 0 aliphatic heterocycles. The standard InChI is InChI=1S/C13H10Br2N2O3S/c14-9-5-7(12(18)19)1-3-10(9)17-13(20)16-6-8-2-4-11(15)21-8/h1-5H,6H2,(H,18,19)(H2,16,17,20). The molecule has 0 radical (unpaired) electrons. The highest BCUT2D eigenvalue weighted by Gasteiger charge is 2.09. The van der Waals surface area contributed by atoms with Crippen LogP contribution in [0.1, 0.15) is 15.2 Å². The Morgan fingerprint density at radius 1 is 1.19 bits per heavy atom. The number of urea groups is 1. The molecule has 0 saturated heterocycles. The van der Waals surface area contributed by atoms with E-state index in [-0.39, 0.29) is 11.6 Å². The Kier molecular flexibility index (Phi) is 5.38. The number of anilines is 1. The highest BCUT2D eigenvalue weighted by molar-refractivity contribution is 9.11. The number of carbonyl (C=O) groups is 2. The number of benzene rings is 1. The number of carboxylic acids is 1. The first-order chi connectivity index (χ1) is 9.95. The minimum Gasteiger partial charge on any atom is -0.478 e. The zero-order chi connectivity index (χ0) is 15.4. The molecule has 5 nitrogen and oxygen atoms in total. The van der Waals surface area contributed by atoms with Gasteiger partial charge < -0.3 is 15.7 Å². The Balaban J connectivity index is 1.94. The largest absolute Gasteiger partial charge is 0.478 e. The molecule has 2 amide bonds. The Bertz CT molecular complexity index is 688. The molecule has 0 bridgehead atoms. The average molecular weight is 434 g/mol. The quantitative estimate of drug-likeness (QED) is 0.672. The minimum atomic E-state index is -1.02. The predicted octanol–water partition coefficient (Wildman–Crippen LogP) is 4.29. The van der Waals surface area contributed by atoms with Crippen LogP contribution < -0.4 is 10.6 Å². The fourth-order valence-corrected chi connectivity index (χ4v) is 3.43. The Hall–Kier alpha value is -1.38. The van der Waals surface area contributed by atoms with Crippen LogP contribution in [-0.4, -0.2) is 17.1 Å². The zero-order valence-corrected chi connectivity index (χ0v) is 14.5. The normalized spacial score (nSPS) is 10.2. The molecule has 0 saturated carbocycles. The molecule has 21 heavy (non-hydrogen) atoms. The summed E-state index contributed by atoms with van der Waals surface area (Å²) in [6.45, 7) is 0.424. The van der Waals surface area contributed by atoms with Gasteiger partial charge >= 0.3 is 12.0 Å². The number of carbonyl (C=O) groups excluding carboxylic acids is 1. The molecule has 0 atom stereocenters. The van der Waals surface area contributed by atoms with Crippen molar-refractivity contribution in [1.82, 2.24) is 5.32 Å². The van der Waals surface area contributed by atoms with E-state index in [2.05, 4.69) is 42.5 Å². The van der Waals surface area contributed by atoms with Gasteiger partial charge in [0.25, 0.3) is 0 Å². The van der Waals surface area contributed by atoms with Gasteiger partial charge in [-0.05, 0) is 62.2 Å². The Labute approximate surface area is 141 Å². The van der Waals surface area contributed by atoms with Crippen molar-refractivity contribution in [3.05, 3.63) is 49.0 Å². The van der Waals surface area contributed by atoms with Crippen molar-refractivity contribution in [2.75, 3.05) is 5.32 Å². The first-order valence-corrected chi connectivity index (χ1v) is 8.18. The van der Waals surface area contributed by atoms with E-state index in [4.69, 9.17) is 5.11 Å². The summed E-state index contributed by atoms with van der Waals surface area (Å²) in [5, 5.41) is 14.3. The lowest BCUT2D eigenvalue weighted by Crippen LogP contribution is -2.28. The summed E-state index contributed by atoms with van der Waals surface area (Å²) in [6, 6.07) is 7.89. The first-order valence-electron chi connectivity index (χ1n) is 5.77. The molecule has 3 N–H and O–H groups in total. The lowest BCUT2D eigenvalue weighted by atomic mass is 10.2. The van der Waals surface area contributed by atoms with Crippen molar-refractivity contribution in [3.8, 4) is 0 Å². The highest BCUT2D eigenvalue weighted by atomic mass is 79.9. The first kappa shape index (κ1) is 16.0. The van der Waals surface area contributed by atoms with Crippen molar-refractivity contribution < 1.29 is 14.7 Å². The monoisotopic (exact) mass is 432 g/mol.